The second-order valence-corrected chi connectivity index (χ2v) is 4.60. The van der Waals surface area contributed by atoms with Gasteiger partial charge in [0.15, 0.2) is 0 Å². The van der Waals surface area contributed by atoms with Gasteiger partial charge >= 0.3 is 0 Å². The standard InChI is InChI=1S/C15H17ClN2O/c1-2-17-10-13-3-4-15(14(16)9-13)19-11-12-5-7-18-8-6-12/h3-9,17H,2,10-11H2,1H3. The zero-order chi connectivity index (χ0) is 13.5. The molecule has 0 spiro atoms. The topological polar surface area (TPSA) is 34.1 Å². The molecule has 0 saturated heterocycles. The van der Waals surface area contributed by atoms with E-state index in [1.54, 1.807) is 12.4 Å². The van der Waals surface area contributed by atoms with Gasteiger partial charge in [-0.2, -0.15) is 0 Å². The third-order valence-corrected chi connectivity index (χ3v) is 3.01. The van der Waals surface area contributed by atoms with Gasteiger partial charge < -0.3 is 10.1 Å². The highest BCUT2D eigenvalue weighted by Crippen LogP contribution is 2.26. The summed E-state index contributed by atoms with van der Waals surface area (Å²) in [6.07, 6.45) is 3.50. The molecule has 3 nitrogen and oxygen atoms in total. The van der Waals surface area contributed by atoms with Gasteiger partial charge in [0.1, 0.15) is 12.4 Å². The molecular formula is C15H17ClN2O. The lowest BCUT2D eigenvalue weighted by Gasteiger charge is -2.10. The lowest BCUT2D eigenvalue weighted by molar-refractivity contribution is 0.306. The Labute approximate surface area is 118 Å². The first-order valence-electron chi connectivity index (χ1n) is 6.30. The predicted octanol–water partition coefficient (Wildman–Crippen LogP) is 3.42. The normalized spacial score (nSPS) is 10.4. The first-order chi connectivity index (χ1) is 9.29. The smallest absolute Gasteiger partial charge is 0.138 e. The van der Waals surface area contributed by atoms with Crippen LogP contribution < -0.4 is 10.1 Å². The Kier molecular flexibility index (Phi) is 5.19. The molecular weight excluding hydrogens is 260 g/mol. The number of aromatic nitrogens is 1. The van der Waals surface area contributed by atoms with Crippen LogP contribution in [0.3, 0.4) is 0 Å². The average molecular weight is 277 g/mol. The molecule has 4 heteroatoms. The summed E-state index contributed by atoms with van der Waals surface area (Å²) in [5.74, 6) is 0.707. The van der Waals surface area contributed by atoms with Crippen molar-refractivity contribution in [1.29, 1.82) is 0 Å². The number of rotatable bonds is 6. The largest absolute Gasteiger partial charge is 0.487 e. The summed E-state index contributed by atoms with van der Waals surface area (Å²) in [7, 11) is 0. The van der Waals surface area contributed by atoms with Crippen LogP contribution in [0.15, 0.2) is 42.7 Å². The van der Waals surface area contributed by atoms with Crippen molar-refractivity contribution in [2.45, 2.75) is 20.1 Å². The van der Waals surface area contributed by atoms with E-state index >= 15 is 0 Å². The minimum absolute atomic E-state index is 0.495. The van der Waals surface area contributed by atoms with Crippen LogP contribution >= 0.6 is 11.6 Å². The number of halogens is 1. The van der Waals surface area contributed by atoms with E-state index < -0.39 is 0 Å². The molecule has 1 N–H and O–H groups in total. The minimum atomic E-state index is 0.495. The highest BCUT2D eigenvalue weighted by Gasteiger charge is 2.03. The molecule has 0 saturated carbocycles. The van der Waals surface area contributed by atoms with Crippen molar-refractivity contribution in [1.82, 2.24) is 10.3 Å². The number of hydrogen-bond donors (Lipinski definition) is 1. The fourth-order valence-electron chi connectivity index (χ4n) is 1.68. The van der Waals surface area contributed by atoms with Crippen LogP contribution in [0.2, 0.25) is 5.02 Å². The lowest BCUT2D eigenvalue weighted by atomic mass is 10.2. The van der Waals surface area contributed by atoms with Crippen LogP contribution in [0.1, 0.15) is 18.1 Å². The van der Waals surface area contributed by atoms with Gasteiger partial charge in [-0.3, -0.25) is 4.98 Å². The molecule has 2 aromatic rings. The first-order valence-corrected chi connectivity index (χ1v) is 6.68. The SMILES string of the molecule is CCNCc1ccc(OCc2ccncc2)c(Cl)c1. The number of nitrogens with one attached hydrogen (secondary N) is 1. The molecule has 0 atom stereocenters. The average Bonchev–Trinajstić information content (AvgIpc) is 2.45. The van der Waals surface area contributed by atoms with E-state index in [9.17, 15) is 0 Å². The summed E-state index contributed by atoms with van der Waals surface area (Å²) in [5.41, 5.74) is 2.23. The quantitative estimate of drug-likeness (QED) is 0.878. The molecule has 1 aromatic heterocycles. The zero-order valence-corrected chi connectivity index (χ0v) is 11.7. The van der Waals surface area contributed by atoms with Gasteiger partial charge in [0.25, 0.3) is 0 Å². The Morgan fingerprint density at radius 3 is 2.63 bits per heavy atom. The van der Waals surface area contributed by atoms with Crippen LogP contribution in [0.25, 0.3) is 0 Å². The molecule has 0 aliphatic rings. The van der Waals surface area contributed by atoms with Crippen molar-refractivity contribution < 1.29 is 4.74 Å². The molecule has 0 unspecified atom stereocenters. The zero-order valence-electron chi connectivity index (χ0n) is 10.9. The van der Waals surface area contributed by atoms with Crippen molar-refractivity contribution >= 4 is 11.6 Å². The number of nitrogens with zero attached hydrogens (tertiary/aromatic N) is 1. The van der Waals surface area contributed by atoms with Gasteiger partial charge in [0.05, 0.1) is 5.02 Å². The van der Waals surface area contributed by atoms with E-state index in [0.717, 1.165) is 24.2 Å². The van der Waals surface area contributed by atoms with E-state index in [1.165, 1.54) is 0 Å². The molecule has 0 radical (unpaired) electrons. The number of benzene rings is 1. The highest BCUT2D eigenvalue weighted by molar-refractivity contribution is 6.32. The second-order valence-electron chi connectivity index (χ2n) is 4.19. The van der Waals surface area contributed by atoms with Gasteiger partial charge in [0, 0.05) is 18.9 Å². The lowest BCUT2D eigenvalue weighted by Crippen LogP contribution is -2.11. The van der Waals surface area contributed by atoms with Crippen LogP contribution in [0.5, 0.6) is 5.75 Å². The van der Waals surface area contributed by atoms with E-state index in [-0.39, 0.29) is 0 Å². The fraction of sp³-hybridized carbons (Fsp3) is 0.267. The van der Waals surface area contributed by atoms with Gasteiger partial charge in [-0.15, -0.1) is 0 Å². The van der Waals surface area contributed by atoms with Gasteiger partial charge in [-0.05, 0) is 41.9 Å². The molecule has 1 aromatic carbocycles. The van der Waals surface area contributed by atoms with Gasteiger partial charge in [-0.25, -0.2) is 0 Å². The third kappa shape index (κ3) is 4.23. The van der Waals surface area contributed by atoms with Crippen LogP contribution in [0.4, 0.5) is 0 Å². The van der Waals surface area contributed by atoms with Crippen LogP contribution in [-0.4, -0.2) is 11.5 Å². The Morgan fingerprint density at radius 2 is 1.95 bits per heavy atom. The predicted molar refractivity (Wildman–Crippen MR) is 77.4 cm³/mol. The third-order valence-electron chi connectivity index (χ3n) is 2.72. The molecule has 2 rings (SSSR count). The monoisotopic (exact) mass is 276 g/mol. The Balaban J connectivity index is 1.97. The molecule has 19 heavy (non-hydrogen) atoms. The molecule has 0 bridgehead atoms. The number of pyridine rings is 1. The molecule has 0 aliphatic carbocycles. The van der Waals surface area contributed by atoms with Gasteiger partial charge in [0.2, 0.25) is 0 Å². The van der Waals surface area contributed by atoms with E-state index in [2.05, 4.69) is 17.2 Å². The molecule has 0 fully saturated rings. The van der Waals surface area contributed by atoms with E-state index in [0.29, 0.717) is 17.4 Å². The number of ether oxygens (including phenoxy) is 1. The van der Waals surface area contributed by atoms with Crippen molar-refractivity contribution in [3.8, 4) is 5.75 Å². The van der Waals surface area contributed by atoms with Crippen molar-refractivity contribution in [2.75, 3.05) is 6.54 Å². The first kappa shape index (κ1) is 13.8. The summed E-state index contributed by atoms with van der Waals surface area (Å²) < 4.78 is 5.70. The highest BCUT2D eigenvalue weighted by atomic mass is 35.5. The summed E-state index contributed by atoms with van der Waals surface area (Å²) >= 11 is 6.21. The Morgan fingerprint density at radius 1 is 1.16 bits per heavy atom. The maximum absolute atomic E-state index is 6.21. The fourth-order valence-corrected chi connectivity index (χ4v) is 1.94. The summed E-state index contributed by atoms with van der Waals surface area (Å²) in [5, 5.41) is 3.91. The maximum atomic E-state index is 6.21. The molecule has 0 aliphatic heterocycles. The van der Waals surface area contributed by atoms with E-state index in [4.69, 9.17) is 16.3 Å². The van der Waals surface area contributed by atoms with Crippen molar-refractivity contribution in [3.05, 3.63) is 58.9 Å². The molecule has 100 valence electrons. The summed E-state index contributed by atoms with van der Waals surface area (Å²) in [4.78, 5) is 3.97. The molecule has 1 heterocycles. The maximum Gasteiger partial charge on any atom is 0.138 e. The van der Waals surface area contributed by atoms with E-state index in [1.807, 2.05) is 30.3 Å². The Bertz CT molecular complexity index is 517. The Hall–Kier alpha value is -1.58. The van der Waals surface area contributed by atoms with Crippen molar-refractivity contribution in [2.24, 2.45) is 0 Å². The molecule has 0 amide bonds. The van der Waals surface area contributed by atoms with Crippen LogP contribution in [-0.2, 0) is 13.2 Å². The van der Waals surface area contributed by atoms with Crippen molar-refractivity contribution in [3.63, 3.8) is 0 Å². The number of hydrogen-bond acceptors (Lipinski definition) is 3. The van der Waals surface area contributed by atoms with Crippen LogP contribution in [0, 0.1) is 0 Å². The summed E-state index contributed by atoms with van der Waals surface area (Å²) in [6.45, 7) is 4.33. The minimum Gasteiger partial charge on any atom is -0.487 e. The van der Waals surface area contributed by atoms with Gasteiger partial charge in [-0.1, -0.05) is 24.6 Å². The second kappa shape index (κ2) is 7.12. The summed E-state index contributed by atoms with van der Waals surface area (Å²) in [6, 6.07) is 9.72.